The number of rotatable bonds is 4. The average molecular weight is 174 g/mol. The summed E-state index contributed by atoms with van der Waals surface area (Å²) in [5.74, 6) is 0.559. The van der Waals surface area contributed by atoms with E-state index in [0.29, 0.717) is 12.5 Å². The van der Waals surface area contributed by atoms with Crippen LogP contribution in [0.25, 0.3) is 0 Å². The molecule has 0 saturated carbocycles. The van der Waals surface area contributed by atoms with Gasteiger partial charge in [0.05, 0.1) is 0 Å². The lowest BCUT2D eigenvalue weighted by Crippen LogP contribution is -2.29. The fourth-order valence-corrected chi connectivity index (χ4v) is 1.85. The van der Waals surface area contributed by atoms with Crippen LogP contribution in [-0.2, 0) is 6.42 Å². The summed E-state index contributed by atoms with van der Waals surface area (Å²) in [6, 6.07) is 8.50. The van der Waals surface area contributed by atoms with Crippen molar-refractivity contribution < 1.29 is 1.41 Å². The van der Waals surface area contributed by atoms with Crippen molar-refractivity contribution in [2.75, 3.05) is 13.1 Å². The minimum Gasteiger partial charge on any atom is -0.313 e. The number of hydrogen-bond acceptors (Lipinski definition) is 1. The summed E-state index contributed by atoms with van der Waals surface area (Å²) < 4.78 is 7.64. The van der Waals surface area contributed by atoms with E-state index in [1.54, 1.807) is 11.4 Å². The molecule has 0 amide bonds. The van der Waals surface area contributed by atoms with Gasteiger partial charge in [-0.3, -0.25) is 0 Å². The maximum atomic E-state index is 7.64. The molecule has 0 fully saturated rings. The molecule has 1 unspecified atom stereocenters. The quantitative estimate of drug-likeness (QED) is 0.689. The van der Waals surface area contributed by atoms with Crippen molar-refractivity contribution in [2.24, 2.45) is 0 Å². The number of nitrogens with one attached hydrogen (secondary N) is 1. The maximum Gasteiger partial charge on any atom is 0.123 e. The highest BCUT2D eigenvalue weighted by molar-refractivity contribution is 5.40. The second-order valence-corrected chi connectivity index (χ2v) is 3.48. The fraction of sp³-hybridized carbons (Fsp3) is 0.333. The van der Waals surface area contributed by atoms with Crippen molar-refractivity contribution in [3.05, 3.63) is 48.0 Å². The minimum atomic E-state index is 0.559. The Labute approximate surface area is 80.9 Å². The highest BCUT2D eigenvalue weighted by Crippen LogP contribution is 2.33. The van der Waals surface area contributed by atoms with Crippen molar-refractivity contribution >= 4 is 0 Å². The van der Waals surface area contributed by atoms with Gasteiger partial charge in [-0.1, -0.05) is 30.3 Å². The first-order valence-corrected chi connectivity index (χ1v) is 4.74. The second-order valence-electron chi connectivity index (χ2n) is 3.48. The molecule has 1 nitrogen and oxygen atoms in total. The van der Waals surface area contributed by atoms with Gasteiger partial charge < -0.3 is 5.31 Å². The molecule has 1 N–H and O–H groups in total. The maximum absolute atomic E-state index is 7.64. The zero-order valence-corrected chi connectivity index (χ0v) is 7.74. The van der Waals surface area contributed by atoms with Gasteiger partial charge in [0.15, 0.2) is 0 Å². The van der Waals surface area contributed by atoms with Crippen molar-refractivity contribution in [2.45, 2.75) is 12.3 Å². The van der Waals surface area contributed by atoms with Gasteiger partial charge in [-0.15, -0.1) is 6.58 Å². The Kier molecular flexibility index (Phi) is 2.12. The highest BCUT2D eigenvalue weighted by atomic mass is 14.9. The molecule has 0 bridgehead atoms. The molecule has 0 aromatic heterocycles. The van der Waals surface area contributed by atoms with E-state index in [9.17, 15) is 0 Å². The molecule has 13 heavy (non-hydrogen) atoms. The Balaban J connectivity index is 1.95. The third-order valence-electron chi connectivity index (χ3n) is 2.57. The molecule has 1 aliphatic rings. The molecule has 68 valence electrons. The second kappa shape index (κ2) is 3.75. The average Bonchev–Trinajstić information content (AvgIpc) is 2.15. The summed E-state index contributed by atoms with van der Waals surface area (Å²) in [6.45, 7) is 5.11. The Hall–Kier alpha value is -1.08. The molecule has 0 spiro atoms. The molecule has 2 rings (SSSR count). The number of fused-ring (bicyclic) bond motifs is 1. The Morgan fingerprint density at radius 2 is 2.46 bits per heavy atom. The van der Waals surface area contributed by atoms with Crippen LogP contribution in [0.5, 0.6) is 0 Å². The molecule has 1 heteroatoms. The van der Waals surface area contributed by atoms with Gasteiger partial charge in [-0.05, 0) is 17.5 Å². The van der Waals surface area contributed by atoms with Crippen LogP contribution in [0.2, 0.25) is 1.41 Å². The van der Waals surface area contributed by atoms with E-state index in [-0.39, 0.29) is 0 Å². The minimum absolute atomic E-state index is 0.559. The summed E-state index contributed by atoms with van der Waals surface area (Å²) in [7, 11) is 0. The van der Waals surface area contributed by atoms with Gasteiger partial charge in [0, 0.05) is 19.0 Å². The number of benzene rings is 1. The van der Waals surface area contributed by atoms with Gasteiger partial charge in [0.25, 0.3) is 0 Å². The van der Waals surface area contributed by atoms with Crippen LogP contribution in [0.15, 0.2) is 36.9 Å². The van der Waals surface area contributed by atoms with Gasteiger partial charge in [-0.2, -0.15) is 0 Å². The summed E-state index contributed by atoms with van der Waals surface area (Å²) in [6.07, 6.45) is 2.90. The van der Waals surface area contributed by atoms with Crippen LogP contribution in [-0.4, -0.2) is 13.1 Å². The molecule has 0 radical (unpaired) electrons. The first-order valence-electron chi connectivity index (χ1n) is 5.18. The lowest BCUT2D eigenvalue weighted by Gasteiger charge is -2.30. The molecular weight excluding hydrogens is 158 g/mol. The lowest BCUT2D eigenvalue weighted by molar-refractivity contribution is 0.555. The molecule has 1 atom stereocenters. The Morgan fingerprint density at radius 3 is 3.23 bits per heavy atom. The van der Waals surface area contributed by atoms with Crippen LogP contribution in [0.3, 0.4) is 0 Å². The van der Waals surface area contributed by atoms with E-state index >= 15 is 0 Å². The van der Waals surface area contributed by atoms with E-state index in [1.807, 2.05) is 0 Å². The van der Waals surface area contributed by atoms with Gasteiger partial charge in [0.2, 0.25) is 0 Å². The first kappa shape index (κ1) is 7.34. The van der Waals surface area contributed by atoms with Crippen LogP contribution < -0.4 is 5.31 Å². The van der Waals surface area contributed by atoms with Crippen molar-refractivity contribution in [1.29, 1.82) is 0 Å². The van der Waals surface area contributed by atoms with Crippen LogP contribution in [0.4, 0.5) is 0 Å². The summed E-state index contributed by atoms with van der Waals surface area (Å²) in [5.41, 5.74) is 2.87. The summed E-state index contributed by atoms with van der Waals surface area (Å²) in [5, 5.41) is 1.58. The Morgan fingerprint density at radius 1 is 1.62 bits per heavy atom. The topological polar surface area (TPSA) is 12.0 Å². The van der Waals surface area contributed by atoms with Crippen LogP contribution >= 0.6 is 0 Å². The van der Waals surface area contributed by atoms with Crippen molar-refractivity contribution in [3.8, 4) is 0 Å². The molecule has 1 aromatic carbocycles. The third-order valence-corrected chi connectivity index (χ3v) is 2.57. The predicted molar refractivity (Wildman–Crippen MR) is 56.0 cm³/mol. The third kappa shape index (κ3) is 1.65. The van der Waals surface area contributed by atoms with Gasteiger partial charge in [-0.25, -0.2) is 0 Å². The zero-order valence-electron chi connectivity index (χ0n) is 8.74. The predicted octanol–water partition coefficient (Wildman–Crippen LogP) is 2.10. The van der Waals surface area contributed by atoms with Gasteiger partial charge in [0.1, 0.15) is 1.41 Å². The summed E-state index contributed by atoms with van der Waals surface area (Å²) in [4.78, 5) is 0. The van der Waals surface area contributed by atoms with E-state index in [0.717, 1.165) is 13.0 Å². The zero-order chi connectivity index (χ0) is 9.97. The molecule has 1 aliphatic carbocycles. The van der Waals surface area contributed by atoms with Crippen molar-refractivity contribution in [3.63, 3.8) is 0 Å². The molecule has 1 aromatic rings. The standard InChI is InChI=1S/C12H15N/c1-2-7-13-9-11-8-10-5-3-4-6-12(10)11/h2-6,11,13H,1,7-9H2/i/hD. The lowest BCUT2D eigenvalue weighted by atomic mass is 9.78. The van der Waals surface area contributed by atoms with E-state index < -0.39 is 0 Å². The Bertz CT molecular complexity index is 335. The van der Waals surface area contributed by atoms with E-state index in [4.69, 9.17) is 1.41 Å². The molecule has 0 aliphatic heterocycles. The van der Waals surface area contributed by atoms with E-state index in [1.165, 1.54) is 11.1 Å². The van der Waals surface area contributed by atoms with Gasteiger partial charge >= 0.3 is 0 Å². The smallest absolute Gasteiger partial charge is 0.123 e. The summed E-state index contributed by atoms with van der Waals surface area (Å²) >= 11 is 0. The van der Waals surface area contributed by atoms with Crippen molar-refractivity contribution in [1.82, 2.24) is 5.31 Å². The number of hydrogen-bond donors (Lipinski definition) is 1. The largest absolute Gasteiger partial charge is 0.313 e. The fourth-order valence-electron chi connectivity index (χ4n) is 1.85. The SMILES string of the molecule is [2H]N(CC=C)CC1Cc2ccccc21. The monoisotopic (exact) mass is 174 g/mol. The van der Waals surface area contributed by atoms with E-state index in [2.05, 4.69) is 30.8 Å². The molecule has 0 heterocycles. The first-order chi connectivity index (χ1) is 6.81. The molecular formula is C12H15N. The highest BCUT2D eigenvalue weighted by Gasteiger charge is 2.24. The van der Waals surface area contributed by atoms with Crippen LogP contribution in [0.1, 0.15) is 17.0 Å². The van der Waals surface area contributed by atoms with Crippen LogP contribution in [0, 0.1) is 0 Å². The molecule has 0 saturated heterocycles. The normalized spacial score (nSPS) is 20.4.